The van der Waals surface area contributed by atoms with Crippen molar-refractivity contribution < 1.29 is 9.59 Å². The molecule has 0 bridgehead atoms. The van der Waals surface area contributed by atoms with Crippen LogP contribution in [0.1, 0.15) is 56.4 Å². The van der Waals surface area contributed by atoms with Crippen LogP contribution in [0.3, 0.4) is 0 Å². The number of rotatable bonds is 12. The third-order valence-corrected chi connectivity index (χ3v) is 7.14. The van der Waals surface area contributed by atoms with E-state index in [0.717, 1.165) is 59.6 Å². The van der Waals surface area contributed by atoms with Gasteiger partial charge in [-0.2, -0.15) is 0 Å². The molecule has 39 heavy (non-hydrogen) atoms. The maximum absolute atomic E-state index is 12.5. The van der Waals surface area contributed by atoms with Gasteiger partial charge < -0.3 is 20.1 Å². The zero-order valence-electron chi connectivity index (χ0n) is 23.6. The number of aryl methyl sites for hydroxylation is 1. The molecule has 2 amide bonds. The predicted molar refractivity (Wildman–Crippen MR) is 164 cm³/mol. The molecule has 2 N–H and O–H groups in total. The number of hydrogen-bond donors (Lipinski definition) is 2. The summed E-state index contributed by atoms with van der Waals surface area (Å²) in [5.41, 5.74) is 6.42. The second-order valence-corrected chi connectivity index (χ2v) is 10.3. The zero-order valence-corrected chi connectivity index (χ0v) is 24.4. The molecule has 1 aliphatic heterocycles. The fourth-order valence-electron chi connectivity index (χ4n) is 4.71. The Hall–Kier alpha value is -3.35. The standard InChI is InChI=1S/C20H15ClN2O.C12H26N2O/c1-12-8-9-22-18(12)11-16-19-15(13-4-2-5-14(21)10-13)6-3-7-17(19)23-20(16)24;1-4-9-14(5-2)11-8-6-7-10-13(3)12-15/h2-11,22H,1H3,(H,23,24);12H,4-11H2,1-3H3/b16-11-;. The Morgan fingerprint density at radius 3 is 2.41 bits per heavy atom. The van der Waals surface area contributed by atoms with Gasteiger partial charge in [-0.15, -0.1) is 0 Å². The number of anilines is 1. The van der Waals surface area contributed by atoms with E-state index in [1.165, 1.54) is 32.4 Å². The molecule has 1 aromatic heterocycles. The van der Waals surface area contributed by atoms with Gasteiger partial charge in [0.1, 0.15) is 0 Å². The monoisotopic (exact) mass is 548 g/mol. The van der Waals surface area contributed by atoms with Crippen molar-refractivity contribution in [2.75, 3.05) is 38.5 Å². The molecule has 0 spiro atoms. The van der Waals surface area contributed by atoms with Crippen LogP contribution in [0.4, 0.5) is 5.69 Å². The average Bonchev–Trinajstić information content (AvgIpc) is 3.49. The first-order valence-electron chi connectivity index (χ1n) is 13.8. The van der Waals surface area contributed by atoms with Gasteiger partial charge in [-0.05, 0) is 92.9 Å². The third-order valence-electron chi connectivity index (χ3n) is 6.90. The number of nitrogens with one attached hydrogen (secondary N) is 2. The van der Waals surface area contributed by atoms with E-state index >= 15 is 0 Å². The van der Waals surface area contributed by atoms with Gasteiger partial charge in [0.2, 0.25) is 6.41 Å². The van der Waals surface area contributed by atoms with Gasteiger partial charge in [0.05, 0.1) is 5.57 Å². The Balaban J connectivity index is 0.000000244. The van der Waals surface area contributed by atoms with E-state index in [9.17, 15) is 9.59 Å². The quantitative estimate of drug-likeness (QED) is 0.144. The van der Waals surface area contributed by atoms with Crippen molar-refractivity contribution in [1.29, 1.82) is 0 Å². The minimum Gasteiger partial charge on any atom is -0.361 e. The minimum absolute atomic E-state index is 0.0894. The van der Waals surface area contributed by atoms with E-state index < -0.39 is 0 Å². The molecule has 0 fully saturated rings. The van der Waals surface area contributed by atoms with Crippen molar-refractivity contribution in [1.82, 2.24) is 14.8 Å². The molecule has 0 unspecified atom stereocenters. The van der Waals surface area contributed by atoms with E-state index in [0.29, 0.717) is 10.6 Å². The number of nitrogens with zero attached hydrogens (tertiary/aromatic N) is 2. The van der Waals surface area contributed by atoms with Crippen LogP contribution in [0.5, 0.6) is 0 Å². The summed E-state index contributed by atoms with van der Waals surface area (Å²) in [5.74, 6) is -0.0894. The number of halogens is 1. The fraction of sp³-hybridized carbons (Fsp3) is 0.375. The summed E-state index contributed by atoms with van der Waals surface area (Å²) >= 11 is 6.14. The van der Waals surface area contributed by atoms with Crippen molar-refractivity contribution >= 4 is 41.3 Å². The lowest BCUT2D eigenvalue weighted by atomic mass is 9.94. The average molecular weight is 549 g/mol. The molecule has 208 valence electrons. The highest BCUT2D eigenvalue weighted by Crippen LogP contribution is 2.40. The summed E-state index contributed by atoms with van der Waals surface area (Å²) in [5, 5.41) is 3.62. The molecule has 6 nitrogen and oxygen atoms in total. The summed E-state index contributed by atoms with van der Waals surface area (Å²) in [6.45, 7) is 10.9. The van der Waals surface area contributed by atoms with Crippen LogP contribution < -0.4 is 5.32 Å². The maximum Gasteiger partial charge on any atom is 0.256 e. The summed E-state index contributed by atoms with van der Waals surface area (Å²) in [6.07, 6.45) is 9.51. The molecule has 0 radical (unpaired) electrons. The number of fused-ring (bicyclic) bond motifs is 1. The first-order chi connectivity index (χ1) is 18.9. The molecule has 0 saturated carbocycles. The summed E-state index contributed by atoms with van der Waals surface area (Å²) < 4.78 is 0. The second kappa shape index (κ2) is 15.3. The minimum atomic E-state index is -0.0894. The van der Waals surface area contributed by atoms with Gasteiger partial charge in [0.15, 0.2) is 0 Å². The van der Waals surface area contributed by atoms with Crippen LogP contribution in [-0.4, -0.2) is 60.3 Å². The molecule has 0 atom stereocenters. The van der Waals surface area contributed by atoms with Crippen molar-refractivity contribution in [3.8, 4) is 11.1 Å². The van der Waals surface area contributed by atoms with Gasteiger partial charge in [-0.25, -0.2) is 0 Å². The first kappa shape index (κ1) is 30.2. The Kier molecular flexibility index (Phi) is 11.8. The van der Waals surface area contributed by atoms with Crippen LogP contribution >= 0.6 is 11.6 Å². The number of benzene rings is 2. The summed E-state index contributed by atoms with van der Waals surface area (Å²) in [4.78, 5) is 30.2. The Labute approximate surface area is 238 Å². The Bertz CT molecular complexity index is 1270. The fourth-order valence-corrected chi connectivity index (χ4v) is 4.90. The number of amides is 2. The lowest BCUT2D eigenvalue weighted by molar-refractivity contribution is -0.117. The zero-order chi connectivity index (χ0) is 28.2. The number of unbranched alkanes of at least 4 members (excludes halogenated alkanes) is 2. The van der Waals surface area contributed by atoms with Crippen molar-refractivity contribution in [3.63, 3.8) is 0 Å². The lowest BCUT2D eigenvalue weighted by Gasteiger charge is -2.19. The van der Waals surface area contributed by atoms with Crippen LogP contribution in [0.2, 0.25) is 5.02 Å². The third kappa shape index (κ3) is 8.57. The number of carbonyl (C=O) groups is 2. The normalized spacial score (nSPS) is 13.2. The van der Waals surface area contributed by atoms with Crippen LogP contribution in [0, 0.1) is 6.92 Å². The second-order valence-electron chi connectivity index (χ2n) is 9.91. The predicted octanol–water partition coefficient (Wildman–Crippen LogP) is 7.11. The number of aromatic nitrogens is 1. The largest absolute Gasteiger partial charge is 0.361 e. The van der Waals surface area contributed by atoms with Gasteiger partial charge in [-0.1, -0.05) is 56.1 Å². The van der Waals surface area contributed by atoms with E-state index in [4.69, 9.17) is 11.6 Å². The van der Waals surface area contributed by atoms with E-state index in [1.807, 2.05) is 74.8 Å². The number of hydrogen-bond acceptors (Lipinski definition) is 3. The van der Waals surface area contributed by atoms with Crippen molar-refractivity contribution in [2.24, 2.45) is 0 Å². The lowest BCUT2D eigenvalue weighted by Crippen LogP contribution is -2.25. The van der Waals surface area contributed by atoms with Gasteiger partial charge in [0, 0.05) is 41.8 Å². The smallest absolute Gasteiger partial charge is 0.256 e. The summed E-state index contributed by atoms with van der Waals surface area (Å²) in [6, 6.07) is 15.5. The molecule has 2 heterocycles. The van der Waals surface area contributed by atoms with Gasteiger partial charge in [-0.3, -0.25) is 9.59 Å². The highest BCUT2D eigenvalue weighted by molar-refractivity contribution is 6.36. The van der Waals surface area contributed by atoms with Crippen LogP contribution in [-0.2, 0) is 9.59 Å². The number of H-pyrrole nitrogens is 1. The maximum atomic E-state index is 12.5. The highest BCUT2D eigenvalue weighted by atomic mass is 35.5. The Morgan fingerprint density at radius 2 is 1.74 bits per heavy atom. The SMILES string of the molecule is CCCN(CC)CCCCCN(C)C=O.Cc1cc[nH]c1/C=C1\C(=O)Nc2cccc(-c3cccc(Cl)c3)c21. The number of aromatic amines is 1. The molecular weight excluding hydrogens is 508 g/mol. The summed E-state index contributed by atoms with van der Waals surface area (Å²) in [7, 11) is 1.84. The number of carbonyl (C=O) groups excluding carboxylic acids is 2. The van der Waals surface area contributed by atoms with Crippen molar-refractivity contribution in [2.45, 2.75) is 46.5 Å². The topological polar surface area (TPSA) is 68.4 Å². The first-order valence-corrected chi connectivity index (χ1v) is 14.2. The van der Waals surface area contributed by atoms with E-state index in [-0.39, 0.29) is 5.91 Å². The van der Waals surface area contributed by atoms with Gasteiger partial charge in [0.25, 0.3) is 5.91 Å². The van der Waals surface area contributed by atoms with Gasteiger partial charge >= 0.3 is 0 Å². The molecule has 2 aromatic carbocycles. The van der Waals surface area contributed by atoms with Crippen LogP contribution in [0.25, 0.3) is 22.8 Å². The van der Waals surface area contributed by atoms with E-state index in [1.54, 1.807) is 4.90 Å². The van der Waals surface area contributed by atoms with Crippen LogP contribution in [0.15, 0.2) is 54.7 Å². The molecule has 0 saturated heterocycles. The molecule has 1 aliphatic rings. The molecule has 0 aliphatic carbocycles. The van der Waals surface area contributed by atoms with Crippen molar-refractivity contribution in [3.05, 3.63) is 76.6 Å². The highest BCUT2D eigenvalue weighted by Gasteiger charge is 2.27. The Morgan fingerprint density at radius 1 is 0.974 bits per heavy atom. The molecular formula is C32H41ClN4O2. The van der Waals surface area contributed by atoms with E-state index in [2.05, 4.69) is 29.0 Å². The molecule has 3 aromatic rings. The molecule has 4 rings (SSSR count). The molecule has 7 heteroatoms.